The molecular formula is C19H25FN2O3S. The van der Waals surface area contributed by atoms with Crippen molar-refractivity contribution in [1.82, 2.24) is 9.62 Å². The zero-order valence-electron chi connectivity index (χ0n) is 15.3. The number of halogens is 1. The van der Waals surface area contributed by atoms with Crippen LogP contribution in [0.25, 0.3) is 0 Å². The molecule has 0 unspecified atom stereocenters. The van der Waals surface area contributed by atoms with Gasteiger partial charge in [0.25, 0.3) is 0 Å². The second kappa shape index (κ2) is 9.12. The van der Waals surface area contributed by atoms with Gasteiger partial charge in [0.05, 0.1) is 12.0 Å². The van der Waals surface area contributed by atoms with Crippen LogP contribution in [0.2, 0.25) is 0 Å². The van der Waals surface area contributed by atoms with Crippen molar-refractivity contribution < 1.29 is 17.5 Å². The maximum absolute atomic E-state index is 13.7. The number of nitrogens with one attached hydrogen (secondary N) is 1. The average molecular weight is 380 g/mol. The Morgan fingerprint density at radius 1 is 1.00 bits per heavy atom. The largest absolute Gasteiger partial charge is 0.494 e. The molecule has 0 saturated carbocycles. The number of rotatable bonds is 9. The van der Waals surface area contributed by atoms with Gasteiger partial charge >= 0.3 is 0 Å². The van der Waals surface area contributed by atoms with E-state index in [1.54, 1.807) is 36.4 Å². The van der Waals surface area contributed by atoms with E-state index in [0.717, 1.165) is 11.1 Å². The lowest BCUT2D eigenvalue weighted by Crippen LogP contribution is -2.30. The van der Waals surface area contributed by atoms with Gasteiger partial charge < -0.3 is 10.1 Å². The maximum Gasteiger partial charge on any atom is 0.243 e. The monoisotopic (exact) mass is 380 g/mol. The molecule has 0 heterocycles. The van der Waals surface area contributed by atoms with Gasteiger partial charge in [0.15, 0.2) is 11.6 Å². The molecule has 7 heteroatoms. The van der Waals surface area contributed by atoms with Gasteiger partial charge in [0, 0.05) is 26.2 Å². The van der Waals surface area contributed by atoms with Crippen LogP contribution in [0.3, 0.4) is 0 Å². The summed E-state index contributed by atoms with van der Waals surface area (Å²) in [6.45, 7) is 5.59. The van der Waals surface area contributed by atoms with E-state index in [1.807, 2.05) is 13.8 Å². The summed E-state index contributed by atoms with van der Waals surface area (Å²) in [6.07, 6.45) is 0. The molecule has 26 heavy (non-hydrogen) atoms. The summed E-state index contributed by atoms with van der Waals surface area (Å²) in [6, 6.07) is 11.7. The molecule has 2 rings (SSSR count). The van der Waals surface area contributed by atoms with Gasteiger partial charge in [0.1, 0.15) is 0 Å². The van der Waals surface area contributed by atoms with Crippen molar-refractivity contribution in [2.45, 2.75) is 31.8 Å². The van der Waals surface area contributed by atoms with E-state index in [2.05, 4.69) is 5.32 Å². The fraction of sp³-hybridized carbons (Fsp3) is 0.368. The van der Waals surface area contributed by atoms with Crippen LogP contribution in [-0.2, 0) is 23.1 Å². The minimum atomic E-state index is -3.43. The van der Waals surface area contributed by atoms with E-state index in [9.17, 15) is 12.8 Å². The van der Waals surface area contributed by atoms with Crippen LogP contribution >= 0.6 is 0 Å². The molecule has 0 aliphatic heterocycles. The lowest BCUT2D eigenvalue weighted by molar-refractivity contribution is 0.386. The summed E-state index contributed by atoms with van der Waals surface area (Å²) < 4.78 is 44.9. The highest BCUT2D eigenvalue weighted by Gasteiger charge is 2.21. The number of nitrogens with zero attached hydrogens (tertiary/aromatic N) is 1. The smallest absolute Gasteiger partial charge is 0.243 e. The summed E-state index contributed by atoms with van der Waals surface area (Å²) in [4.78, 5) is 0.294. The first-order valence-corrected chi connectivity index (χ1v) is 9.98. The molecule has 0 aromatic heterocycles. The summed E-state index contributed by atoms with van der Waals surface area (Å²) >= 11 is 0. The molecule has 0 aliphatic rings. The molecule has 1 N–H and O–H groups in total. The topological polar surface area (TPSA) is 58.6 Å². The quantitative estimate of drug-likeness (QED) is 0.726. The summed E-state index contributed by atoms with van der Waals surface area (Å²) in [7, 11) is -2.00. The zero-order chi connectivity index (χ0) is 19.2. The van der Waals surface area contributed by atoms with Crippen LogP contribution in [0.4, 0.5) is 4.39 Å². The van der Waals surface area contributed by atoms with E-state index in [0.29, 0.717) is 31.1 Å². The van der Waals surface area contributed by atoms with Crippen molar-refractivity contribution in [3.63, 3.8) is 0 Å². The van der Waals surface area contributed by atoms with Gasteiger partial charge in [0.2, 0.25) is 10.0 Å². The Balaban J connectivity index is 1.96. The standard InChI is InChI=1S/C19H25FN2O3S/c1-4-22(5-2)26(23,24)17-9-6-15(7-10-17)13-21-14-16-8-11-19(25-3)18(20)12-16/h6-12,21H,4-5,13-14H2,1-3H3. The minimum Gasteiger partial charge on any atom is -0.494 e. The molecule has 0 saturated heterocycles. The number of benzene rings is 2. The van der Waals surface area contributed by atoms with Crippen LogP contribution < -0.4 is 10.1 Å². The van der Waals surface area contributed by atoms with Crippen LogP contribution in [-0.4, -0.2) is 32.9 Å². The first kappa shape index (κ1) is 20.4. The highest BCUT2D eigenvalue weighted by molar-refractivity contribution is 7.89. The van der Waals surface area contributed by atoms with Gasteiger partial charge in [-0.15, -0.1) is 0 Å². The van der Waals surface area contributed by atoms with Crippen LogP contribution in [0.5, 0.6) is 5.75 Å². The van der Waals surface area contributed by atoms with Crippen molar-refractivity contribution in [2.75, 3.05) is 20.2 Å². The lowest BCUT2D eigenvalue weighted by Gasteiger charge is -2.18. The average Bonchev–Trinajstić information content (AvgIpc) is 2.63. The first-order valence-electron chi connectivity index (χ1n) is 8.54. The molecule has 5 nitrogen and oxygen atoms in total. The summed E-state index contributed by atoms with van der Waals surface area (Å²) in [5.74, 6) is -0.170. The predicted molar refractivity (Wildman–Crippen MR) is 100 cm³/mol. The second-order valence-electron chi connectivity index (χ2n) is 5.81. The number of hydrogen-bond donors (Lipinski definition) is 1. The van der Waals surface area contributed by atoms with E-state index in [1.165, 1.54) is 17.5 Å². The molecular weight excluding hydrogens is 355 g/mol. The maximum atomic E-state index is 13.7. The van der Waals surface area contributed by atoms with E-state index >= 15 is 0 Å². The highest BCUT2D eigenvalue weighted by Crippen LogP contribution is 2.18. The third kappa shape index (κ3) is 4.81. The van der Waals surface area contributed by atoms with Gasteiger partial charge in [-0.05, 0) is 35.4 Å². The lowest BCUT2D eigenvalue weighted by atomic mass is 10.2. The van der Waals surface area contributed by atoms with Gasteiger partial charge in [-0.2, -0.15) is 4.31 Å². The first-order chi connectivity index (χ1) is 12.4. The third-order valence-corrected chi connectivity index (χ3v) is 6.21. The van der Waals surface area contributed by atoms with E-state index in [-0.39, 0.29) is 5.75 Å². The number of hydrogen-bond acceptors (Lipinski definition) is 4. The number of methoxy groups -OCH3 is 1. The molecule has 2 aromatic rings. The number of ether oxygens (including phenoxy) is 1. The molecule has 0 bridgehead atoms. The normalized spacial score (nSPS) is 11.7. The second-order valence-corrected chi connectivity index (χ2v) is 7.74. The molecule has 142 valence electrons. The van der Waals surface area contributed by atoms with Crippen molar-refractivity contribution >= 4 is 10.0 Å². The molecule has 0 aliphatic carbocycles. The Morgan fingerprint density at radius 2 is 1.58 bits per heavy atom. The van der Waals surface area contributed by atoms with Crippen molar-refractivity contribution in [3.8, 4) is 5.75 Å². The van der Waals surface area contributed by atoms with Crippen molar-refractivity contribution in [3.05, 3.63) is 59.4 Å². The predicted octanol–water partition coefficient (Wildman–Crippen LogP) is 3.15. The van der Waals surface area contributed by atoms with E-state index < -0.39 is 15.8 Å². The Morgan fingerprint density at radius 3 is 2.12 bits per heavy atom. The van der Waals surface area contributed by atoms with Crippen LogP contribution in [0.1, 0.15) is 25.0 Å². The highest BCUT2D eigenvalue weighted by atomic mass is 32.2. The van der Waals surface area contributed by atoms with Gasteiger partial charge in [-0.25, -0.2) is 12.8 Å². The van der Waals surface area contributed by atoms with Crippen molar-refractivity contribution in [1.29, 1.82) is 0 Å². The van der Waals surface area contributed by atoms with Crippen LogP contribution in [0, 0.1) is 5.82 Å². The van der Waals surface area contributed by atoms with Crippen LogP contribution in [0.15, 0.2) is 47.4 Å². The fourth-order valence-corrected chi connectivity index (χ4v) is 4.12. The fourth-order valence-electron chi connectivity index (χ4n) is 2.66. The molecule has 0 atom stereocenters. The van der Waals surface area contributed by atoms with E-state index in [4.69, 9.17) is 4.74 Å². The molecule has 0 radical (unpaired) electrons. The Labute approximate surface area is 154 Å². The molecule has 2 aromatic carbocycles. The SMILES string of the molecule is CCN(CC)S(=O)(=O)c1ccc(CNCc2ccc(OC)c(F)c2)cc1. The molecule has 0 fully saturated rings. The zero-order valence-corrected chi connectivity index (χ0v) is 16.1. The minimum absolute atomic E-state index is 0.221. The summed E-state index contributed by atoms with van der Waals surface area (Å²) in [5.41, 5.74) is 1.77. The molecule has 0 spiro atoms. The Hall–Kier alpha value is -1.96. The third-order valence-electron chi connectivity index (χ3n) is 4.14. The van der Waals surface area contributed by atoms with Crippen molar-refractivity contribution in [2.24, 2.45) is 0 Å². The van der Waals surface area contributed by atoms with Gasteiger partial charge in [-0.3, -0.25) is 0 Å². The Bertz CT molecular complexity index is 819. The number of sulfonamides is 1. The summed E-state index contributed by atoms with van der Waals surface area (Å²) in [5, 5.41) is 3.22. The van der Waals surface area contributed by atoms with Gasteiger partial charge in [-0.1, -0.05) is 32.0 Å². The molecule has 0 amide bonds. The Kier molecular flexibility index (Phi) is 7.14.